The Labute approximate surface area is 191 Å². The van der Waals surface area contributed by atoms with E-state index in [1.165, 1.54) is 13.4 Å². The van der Waals surface area contributed by atoms with Crippen LogP contribution in [-0.2, 0) is 14.3 Å². The smallest absolute Gasteiger partial charge is 0.412 e. The number of aromatic nitrogens is 1. The third-order valence-electron chi connectivity index (χ3n) is 4.67. The SMILES string of the molecule is COC(=O)CC/C=C/c1ccc(-c2nocc2NC(=O)OC(C)c2ccccc2Cl)cc1. The first-order valence-electron chi connectivity index (χ1n) is 9.98. The van der Waals surface area contributed by atoms with E-state index in [9.17, 15) is 9.59 Å². The van der Waals surface area contributed by atoms with Gasteiger partial charge in [-0.15, -0.1) is 0 Å². The molecule has 0 bridgehead atoms. The van der Waals surface area contributed by atoms with E-state index < -0.39 is 12.2 Å². The molecule has 0 saturated heterocycles. The van der Waals surface area contributed by atoms with Crippen LogP contribution >= 0.6 is 11.6 Å². The highest BCUT2D eigenvalue weighted by Gasteiger charge is 2.18. The maximum absolute atomic E-state index is 12.4. The monoisotopic (exact) mass is 454 g/mol. The molecule has 0 saturated carbocycles. The van der Waals surface area contributed by atoms with Crippen LogP contribution in [0.25, 0.3) is 17.3 Å². The number of methoxy groups -OCH3 is 1. The summed E-state index contributed by atoms with van der Waals surface area (Å²) in [5.74, 6) is -0.240. The molecule has 0 radical (unpaired) electrons. The van der Waals surface area contributed by atoms with Gasteiger partial charge in [0.2, 0.25) is 0 Å². The summed E-state index contributed by atoms with van der Waals surface area (Å²) < 4.78 is 15.1. The van der Waals surface area contributed by atoms with Gasteiger partial charge in [0.1, 0.15) is 23.7 Å². The van der Waals surface area contributed by atoms with E-state index in [2.05, 4.69) is 15.2 Å². The summed E-state index contributed by atoms with van der Waals surface area (Å²) in [5.41, 5.74) is 3.31. The summed E-state index contributed by atoms with van der Waals surface area (Å²) in [4.78, 5) is 23.5. The van der Waals surface area contributed by atoms with Crippen molar-refractivity contribution >= 4 is 35.4 Å². The molecule has 0 spiro atoms. The minimum absolute atomic E-state index is 0.240. The normalized spacial score (nSPS) is 11.8. The van der Waals surface area contributed by atoms with Gasteiger partial charge in [0.25, 0.3) is 0 Å². The highest BCUT2D eigenvalue weighted by atomic mass is 35.5. The number of allylic oxidation sites excluding steroid dienone is 1. The number of anilines is 1. The molecule has 1 unspecified atom stereocenters. The molecule has 1 N–H and O–H groups in total. The van der Waals surface area contributed by atoms with Crippen LogP contribution < -0.4 is 5.32 Å². The molecule has 3 aromatic rings. The molecule has 0 aliphatic rings. The van der Waals surface area contributed by atoms with Crippen molar-refractivity contribution in [1.29, 1.82) is 0 Å². The highest BCUT2D eigenvalue weighted by molar-refractivity contribution is 6.31. The summed E-state index contributed by atoms with van der Waals surface area (Å²) in [7, 11) is 1.37. The van der Waals surface area contributed by atoms with Gasteiger partial charge in [-0.2, -0.15) is 0 Å². The standard InChI is InChI=1S/C24H23ClN2O5/c1-16(19-8-4-5-9-20(19)25)32-24(29)26-21-15-31-27-23(21)18-13-11-17(12-14-18)7-3-6-10-22(28)30-2/h3-5,7-9,11-16H,6,10H2,1-2H3,(H,26,29)/b7-3+. The van der Waals surface area contributed by atoms with Crippen LogP contribution in [0.5, 0.6) is 0 Å². The van der Waals surface area contributed by atoms with Gasteiger partial charge < -0.3 is 14.0 Å². The van der Waals surface area contributed by atoms with Crippen molar-refractivity contribution in [3.05, 3.63) is 77.0 Å². The van der Waals surface area contributed by atoms with Gasteiger partial charge >= 0.3 is 12.1 Å². The Kier molecular flexibility index (Phi) is 8.05. The molecule has 32 heavy (non-hydrogen) atoms. The van der Waals surface area contributed by atoms with Gasteiger partial charge in [-0.3, -0.25) is 10.1 Å². The lowest BCUT2D eigenvalue weighted by Gasteiger charge is -2.15. The highest BCUT2D eigenvalue weighted by Crippen LogP contribution is 2.29. The average molecular weight is 455 g/mol. The van der Waals surface area contributed by atoms with Gasteiger partial charge in [-0.25, -0.2) is 4.79 Å². The van der Waals surface area contributed by atoms with E-state index in [1.807, 2.05) is 48.6 Å². The summed E-state index contributed by atoms with van der Waals surface area (Å²) in [6.07, 6.45) is 4.93. The lowest BCUT2D eigenvalue weighted by atomic mass is 10.1. The van der Waals surface area contributed by atoms with Gasteiger partial charge in [-0.05, 0) is 25.0 Å². The zero-order valence-electron chi connectivity index (χ0n) is 17.7. The van der Waals surface area contributed by atoms with Crippen LogP contribution in [0.2, 0.25) is 5.02 Å². The molecule has 8 heteroatoms. The number of nitrogens with zero attached hydrogens (tertiary/aromatic N) is 1. The second-order valence-corrected chi connectivity index (χ2v) is 7.32. The number of nitrogens with one attached hydrogen (secondary N) is 1. The van der Waals surface area contributed by atoms with Gasteiger partial charge in [0.15, 0.2) is 0 Å². The largest absolute Gasteiger partial charge is 0.469 e. The number of ether oxygens (including phenoxy) is 2. The molecule has 1 amide bonds. The topological polar surface area (TPSA) is 90.7 Å². The predicted octanol–water partition coefficient (Wildman–Crippen LogP) is 6.27. The lowest BCUT2D eigenvalue weighted by molar-refractivity contribution is -0.140. The van der Waals surface area contributed by atoms with Gasteiger partial charge in [0.05, 0.1) is 7.11 Å². The quantitative estimate of drug-likeness (QED) is 0.403. The van der Waals surface area contributed by atoms with E-state index in [0.717, 1.165) is 11.1 Å². The van der Waals surface area contributed by atoms with Crippen LogP contribution in [-0.4, -0.2) is 24.3 Å². The zero-order valence-corrected chi connectivity index (χ0v) is 18.5. The number of halogens is 1. The molecule has 1 atom stereocenters. The summed E-state index contributed by atoms with van der Waals surface area (Å²) in [6, 6.07) is 14.7. The third-order valence-corrected chi connectivity index (χ3v) is 5.01. The molecule has 7 nitrogen and oxygen atoms in total. The van der Waals surface area contributed by atoms with E-state index in [1.54, 1.807) is 19.1 Å². The molecule has 0 fully saturated rings. The van der Waals surface area contributed by atoms with Crippen LogP contribution in [0.1, 0.15) is 37.0 Å². The number of carbonyl (C=O) groups excluding carboxylic acids is 2. The average Bonchev–Trinajstić information content (AvgIpc) is 3.25. The second kappa shape index (κ2) is 11.2. The van der Waals surface area contributed by atoms with Crippen LogP contribution in [0, 0.1) is 0 Å². The fraction of sp³-hybridized carbons (Fsp3) is 0.208. The Morgan fingerprint density at radius 1 is 1.19 bits per heavy atom. The Morgan fingerprint density at radius 2 is 1.94 bits per heavy atom. The molecular weight excluding hydrogens is 432 g/mol. The van der Waals surface area contributed by atoms with E-state index in [4.69, 9.17) is 20.9 Å². The number of esters is 1. The van der Waals surface area contributed by atoms with Crippen molar-refractivity contribution < 1.29 is 23.6 Å². The second-order valence-electron chi connectivity index (χ2n) is 6.91. The molecule has 0 aliphatic heterocycles. The number of amides is 1. The predicted molar refractivity (Wildman–Crippen MR) is 122 cm³/mol. The van der Waals surface area contributed by atoms with Crippen molar-refractivity contribution in [1.82, 2.24) is 5.16 Å². The maximum Gasteiger partial charge on any atom is 0.412 e. The Hall–Kier alpha value is -3.58. The van der Waals surface area contributed by atoms with Crippen LogP contribution in [0.4, 0.5) is 10.5 Å². The Morgan fingerprint density at radius 3 is 2.66 bits per heavy atom. The summed E-state index contributed by atoms with van der Waals surface area (Å²) >= 11 is 6.16. The zero-order chi connectivity index (χ0) is 22.9. The Balaban J connectivity index is 1.61. The van der Waals surface area contributed by atoms with Crippen molar-refractivity contribution in [3.8, 4) is 11.3 Å². The van der Waals surface area contributed by atoms with Crippen LogP contribution in [0.15, 0.2) is 65.4 Å². The van der Waals surface area contributed by atoms with Gasteiger partial charge in [0, 0.05) is 22.6 Å². The number of benzene rings is 2. The first kappa shape index (κ1) is 23.1. The third kappa shape index (κ3) is 6.21. The van der Waals surface area contributed by atoms with E-state index in [-0.39, 0.29) is 5.97 Å². The Bertz CT molecular complexity index is 1090. The summed E-state index contributed by atoms with van der Waals surface area (Å²) in [5, 5.41) is 7.18. The van der Waals surface area contributed by atoms with Crippen molar-refractivity contribution in [2.75, 3.05) is 12.4 Å². The molecule has 1 aromatic heterocycles. The molecular formula is C24H23ClN2O5. The fourth-order valence-corrected chi connectivity index (χ4v) is 3.27. The minimum atomic E-state index is -0.646. The molecule has 1 heterocycles. The van der Waals surface area contributed by atoms with Crippen LogP contribution in [0.3, 0.4) is 0 Å². The molecule has 166 valence electrons. The van der Waals surface area contributed by atoms with Gasteiger partial charge in [-0.1, -0.05) is 71.4 Å². The van der Waals surface area contributed by atoms with E-state index in [0.29, 0.717) is 34.8 Å². The fourth-order valence-electron chi connectivity index (χ4n) is 2.98. The number of hydrogen-bond donors (Lipinski definition) is 1. The van der Waals surface area contributed by atoms with Crippen molar-refractivity contribution in [2.45, 2.75) is 25.9 Å². The minimum Gasteiger partial charge on any atom is -0.469 e. The van der Waals surface area contributed by atoms with E-state index >= 15 is 0 Å². The lowest BCUT2D eigenvalue weighted by Crippen LogP contribution is -2.16. The molecule has 3 rings (SSSR count). The number of rotatable bonds is 8. The summed E-state index contributed by atoms with van der Waals surface area (Å²) in [6.45, 7) is 1.74. The van der Waals surface area contributed by atoms with Crippen molar-refractivity contribution in [3.63, 3.8) is 0 Å². The number of carbonyl (C=O) groups is 2. The molecule has 0 aliphatic carbocycles. The number of hydrogen-bond acceptors (Lipinski definition) is 6. The van der Waals surface area contributed by atoms with Crippen molar-refractivity contribution in [2.24, 2.45) is 0 Å². The first-order chi connectivity index (χ1) is 15.5. The first-order valence-corrected chi connectivity index (χ1v) is 10.4. The molecule has 2 aromatic carbocycles. The maximum atomic E-state index is 12.4.